The molecule has 0 saturated heterocycles. The summed E-state index contributed by atoms with van der Waals surface area (Å²) >= 11 is 0. The molecule has 0 unspecified atom stereocenters. The normalized spacial score (nSPS) is 11.0. The van der Waals surface area contributed by atoms with Crippen LogP contribution in [0.5, 0.6) is 0 Å². The van der Waals surface area contributed by atoms with Gasteiger partial charge in [0.25, 0.3) is 10.0 Å². The molecule has 0 aliphatic carbocycles. The number of hydrogen-bond donors (Lipinski definition) is 1. The summed E-state index contributed by atoms with van der Waals surface area (Å²) in [4.78, 5) is 25.0. The van der Waals surface area contributed by atoms with Gasteiger partial charge in [-0.05, 0) is 32.4 Å². The maximum atomic E-state index is 12.1. The van der Waals surface area contributed by atoms with Crippen molar-refractivity contribution in [3.63, 3.8) is 0 Å². The molecule has 0 saturated carbocycles. The molecular weight excluding hydrogens is 292 g/mol. The van der Waals surface area contributed by atoms with E-state index < -0.39 is 28.3 Å². The van der Waals surface area contributed by atoms with Crippen molar-refractivity contribution in [2.24, 2.45) is 0 Å². The van der Waals surface area contributed by atoms with Crippen LogP contribution in [0.4, 0.5) is 0 Å². The van der Waals surface area contributed by atoms with Gasteiger partial charge in [-0.2, -0.15) is 0 Å². The van der Waals surface area contributed by atoms with Gasteiger partial charge in [0.05, 0.1) is 4.90 Å². The summed E-state index contributed by atoms with van der Waals surface area (Å²) in [6, 6.07) is 6.34. The van der Waals surface area contributed by atoms with Crippen molar-refractivity contribution in [2.45, 2.75) is 32.1 Å². The average molecular weight is 312 g/mol. The Balaban J connectivity index is 2.79. The lowest BCUT2D eigenvalue weighted by Crippen LogP contribution is -2.37. The van der Waals surface area contributed by atoms with Crippen LogP contribution in [0.2, 0.25) is 0 Å². The van der Waals surface area contributed by atoms with Crippen molar-refractivity contribution in [2.75, 3.05) is 13.1 Å². The van der Waals surface area contributed by atoms with Gasteiger partial charge < -0.3 is 4.90 Å². The number of nitrogens with zero attached hydrogens (tertiary/aromatic N) is 1. The smallest absolute Gasteiger partial charge is 0.264 e. The van der Waals surface area contributed by atoms with E-state index in [1.807, 2.05) is 4.72 Å². The predicted octanol–water partition coefficient (Wildman–Crippen LogP) is 1.06. The molecule has 0 heterocycles. The Hall–Kier alpha value is -1.89. The van der Waals surface area contributed by atoms with Crippen molar-refractivity contribution in [3.8, 4) is 0 Å². The minimum atomic E-state index is -3.95. The van der Waals surface area contributed by atoms with Crippen LogP contribution in [-0.4, -0.2) is 38.2 Å². The molecule has 1 aromatic rings. The molecule has 1 aromatic carbocycles. The van der Waals surface area contributed by atoms with E-state index in [2.05, 4.69) is 0 Å². The first kappa shape index (κ1) is 17.2. The van der Waals surface area contributed by atoms with E-state index >= 15 is 0 Å². The van der Waals surface area contributed by atoms with Gasteiger partial charge >= 0.3 is 0 Å². The maximum Gasteiger partial charge on any atom is 0.264 e. The Morgan fingerprint density at radius 3 is 2.24 bits per heavy atom. The second kappa shape index (κ2) is 7.21. The zero-order valence-corrected chi connectivity index (χ0v) is 13.2. The SMILES string of the molecule is CCN(CC)C(=O)CC(=O)NS(=O)(=O)c1ccccc1C. The van der Waals surface area contributed by atoms with Crippen molar-refractivity contribution in [1.29, 1.82) is 0 Å². The summed E-state index contributed by atoms with van der Waals surface area (Å²) in [5, 5.41) is 0. The highest BCUT2D eigenvalue weighted by atomic mass is 32.2. The summed E-state index contributed by atoms with van der Waals surface area (Å²) in [5.41, 5.74) is 0.535. The monoisotopic (exact) mass is 312 g/mol. The lowest BCUT2D eigenvalue weighted by Gasteiger charge is -2.18. The third-order valence-electron chi connectivity index (χ3n) is 3.06. The van der Waals surface area contributed by atoms with Gasteiger partial charge in [-0.1, -0.05) is 18.2 Å². The molecule has 0 bridgehead atoms. The molecule has 0 spiro atoms. The molecular formula is C14H20N2O4S. The van der Waals surface area contributed by atoms with Crippen molar-refractivity contribution in [3.05, 3.63) is 29.8 Å². The summed E-state index contributed by atoms with van der Waals surface area (Å²) in [5.74, 6) is -1.22. The molecule has 1 N–H and O–H groups in total. The van der Waals surface area contributed by atoms with Crippen LogP contribution in [0.1, 0.15) is 25.8 Å². The molecule has 7 heteroatoms. The molecule has 0 atom stereocenters. The highest BCUT2D eigenvalue weighted by Gasteiger charge is 2.22. The fourth-order valence-corrected chi connectivity index (χ4v) is 3.16. The minimum Gasteiger partial charge on any atom is -0.343 e. The van der Waals surface area contributed by atoms with Gasteiger partial charge in [-0.25, -0.2) is 13.1 Å². The van der Waals surface area contributed by atoms with E-state index in [0.29, 0.717) is 18.7 Å². The standard InChI is InChI=1S/C14H20N2O4S/c1-4-16(5-2)14(18)10-13(17)15-21(19,20)12-9-7-6-8-11(12)3/h6-9H,4-5,10H2,1-3H3,(H,15,17). The number of rotatable bonds is 6. The fraction of sp³-hybridized carbons (Fsp3) is 0.429. The van der Waals surface area contributed by atoms with E-state index in [1.54, 1.807) is 39.0 Å². The summed E-state index contributed by atoms with van der Waals surface area (Å²) in [6.07, 6.45) is -0.479. The topological polar surface area (TPSA) is 83.6 Å². The summed E-state index contributed by atoms with van der Waals surface area (Å²) < 4.78 is 26.1. The maximum absolute atomic E-state index is 12.1. The first-order valence-electron chi connectivity index (χ1n) is 6.70. The van der Waals surface area contributed by atoms with E-state index in [-0.39, 0.29) is 4.90 Å². The Bertz CT molecular complexity index is 622. The molecule has 1 rings (SSSR count). The number of amides is 2. The first-order valence-corrected chi connectivity index (χ1v) is 8.19. The highest BCUT2D eigenvalue weighted by molar-refractivity contribution is 7.90. The zero-order chi connectivity index (χ0) is 16.0. The lowest BCUT2D eigenvalue weighted by atomic mass is 10.2. The second-order valence-corrected chi connectivity index (χ2v) is 6.19. The zero-order valence-electron chi connectivity index (χ0n) is 12.4. The number of nitrogens with one attached hydrogen (secondary N) is 1. The van der Waals surface area contributed by atoms with Gasteiger partial charge in [0.15, 0.2) is 0 Å². The van der Waals surface area contributed by atoms with Gasteiger partial charge in [-0.3, -0.25) is 9.59 Å². The second-order valence-electron chi connectivity index (χ2n) is 4.54. The fourth-order valence-electron chi connectivity index (χ4n) is 1.92. The Morgan fingerprint density at radius 1 is 1.14 bits per heavy atom. The predicted molar refractivity (Wildman–Crippen MR) is 79.1 cm³/mol. The number of benzene rings is 1. The number of carbonyl (C=O) groups is 2. The van der Waals surface area contributed by atoms with Crippen molar-refractivity contribution in [1.82, 2.24) is 9.62 Å². The molecule has 0 aliphatic rings. The number of carbonyl (C=O) groups excluding carboxylic acids is 2. The average Bonchev–Trinajstić information content (AvgIpc) is 2.39. The van der Waals surface area contributed by atoms with Crippen LogP contribution in [-0.2, 0) is 19.6 Å². The third kappa shape index (κ3) is 4.56. The third-order valence-corrected chi connectivity index (χ3v) is 4.59. The molecule has 6 nitrogen and oxygen atoms in total. The van der Waals surface area contributed by atoms with Crippen LogP contribution < -0.4 is 4.72 Å². The van der Waals surface area contributed by atoms with E-state index in [4.69, 9.17) is 0 Å². The number of hydrogen-bond acceptors (Lipinski definition) is 4. The summed E-state index contributed by atoms with van der Waals surface area (Å²) in [6.45, 7) is 6.19. The lowest BCUT2D eigenvalue weighted by molar-refractivity contribution is -0.135. The number of aryl methyl sites for hydroxylation is 1. The van der Waals surface area contributed by atoms with Gasteiger partial charge in [0, 0.05) is 13.1 Å². The number of sulfonamides is 1. The molecule has 0 aliphatic heterocycles. The molecule has 21 heavy (non-hydrogen) atoms. The molecule has 0 fully saturated rings. The molecule has 0 radical (unpaired) electrons. The van der Waals surface area contributed by atoms with Crippen LogP contribution in [0.3, 0.4) is 0 Å². The van der Waals surface area contributed by atoms with Crippen LogP contribution in [0, 0.1) is 6.92 Å². The molecule has 0 aromatic heterocycles. The van der Waals surface area contributed by atoms with Gasteiger partial charge in [0.1, 0.15) is 6.42 Å². The van der Waals surface area contributed by atoms with Crippen molar-refractivity contribution < 1.29 is 18.0 Å². The largest absolute Gasteiger partial charge is 0.343 e. The minimum absolute atomic E-state index is 0.0358. The van der Waals surface area contributed by atoms with E-state index in [1.165, 1.54) is 11.0 Å². The highest BCUT2D eigenvalue weighted by Crippen LogP contribution is 2.13. The Kier molecular flexibility index (Phi) is 5.90. The quantitative estimate of drug-likeness (QED) is 0.796. The Morgan fingerprint density at radius 2 is 1.71 bits per heavy atom. The van der Waals surface area contributed by atoms with E-state index in [0.717, 1.165) is 0 Å². The van der Waals surface area contributed by atoms with Gasteiger partial charge in [0.2, 0.25) is 11.8 Å². The molecule has 116 valence electrons. The molecule has 2 amide bonds. The summed E-state index contributed by atoms with van der Waals surface area (Å²) in [7, 11) is -3.95. The van der Waals surface area contributed by atoms with Crippen molar-refractivity contribution >= 4 is 21.8 Å². The van der Waals surface area contributed by atoms with Crippen LogP contribution >= 0.6 is 0 Å². The van der Waals surface area contributed by atoms with E-state index in [9.17, 15) is 18.0 Å². The van der Waals surface area contributed by atoms with Gasteiger partial charge in [-0.15, -0.1) is 0 Å². The van der Waals surface area contributed by atoms with Crippen LogP contribution in [0.25, 0.3) is 0 Å². The first-order chi connectivity index (χ1) is 9.81. The van der Waals surface area contributed by atoms with Crippen LogP contribution in [0.15, 0.2) is 29.2 Å². The Labute approximate surface area is 125 Å².